The van der Waals surface area contributed by atoms with E-state index in [1.807, 2.05) is 18.0 Å². The summed E-state index contributed by atoms with van der Waals surface area (Å²) in [6.45, 7) is 1.14. The number of hydrogen-bond acceptors (Lipinski definition) is 4. The highest BCUT2D eigenvalue weighted by Crippen LogP contribution is 2.18. The molecule has 0 unspecified atom stereocenters. The molecule has 0 saturated carbocycles. The van der Waals surface area contributed by atoms with Crippen LogP contribution >= 0.6 is 0 Å². The van der Waals surface area contributed by atoms with Gasteiger partial charge in [0.05, 0.1) is 26.5 Å². The van der Waals surface area contributed by atoms with Crippen molar-refractivity contribution in [2.45, 2.75) is 13.1 Å². The van der Waals surface area contributed by atoms with Gasteiger partial charge in [0.25, 0.3) is 0 Å². The summed E-state index contributed by atoms with van der Waals surface area (Å²) in [5.41, 5.74) is 0.785. The molecule has 1 amide bonds. The molecule has 124 valence electrons. The van der Waals surface area contributed by atoms with E-state index in [0.29, 0.717) is 13.1 Å². The highest BCUT2D eigenvalue weighted by atomic mass is 19.1. The Morgan fingerprint density at radius 3 is 2.65 bits per heavy atom. The molecule has 0 aliphatic heterocycles. The maximum absolute atomic E-state index is 13.7. The number of ether oxygens (including phenoxy) is 1. The molecular formula is C17H21FN2O3. The van der Waals surface area contributed by atoms with Gasteiger partial charge in [-0.05, 0) is 36.9 Å². The van der Waals surface area contributed by atoms with Crippen molar-refractivity contribution in [1.29, 1.82) is 0 Å². The predicted octanol–water partition coefficient (Wildman–Crippen LogP) is 2.52. The van der Waals surface area contributed by atoms with Crippen LogP contribution < -0.4 is 4.74 Å². The third-order valence-corrected chi connectivity index (χ3v) is 3.47. The molecule has 0 aliphatic rings. The van der Waals surface area contributed by atoms with Crippen LogP contribution in [0.15, 0.2) is 41.0 Å². The number of likely N-dealkylation sites (N-methyl/N-ethyl adjacent to an activating group) is 2. The first-order valence-corrected chi connectivity index (χ1v) is 7.27. The van der Waals surface area contributed by atoms with Gasteiger partial charge < -0.3 is 14.1 Å². The van der Waals surface area contributed by atoms with E-state index in [9.17, 15) is 9.18 Å². The van der Waals surface area contributed by atoms with Crippen molar-refractivity contribution >= 4 is 5.91 Å². The Kier molecular flexibility index (Phi) is 5.76. The van der Waals surface area contributed by atoms with E-state index in [4.69, 9.17) is 9.15 Å². The Balaban J connectivity index is 1.87. The fourth-order valence-electron chi connectivity index (χ4n) is 2.25. The average molecular weight is 320 g/mol. The smallest absolute Gasteiger partial charge is 0.236 e. The fraction of sp³-hybridized carbons (Fsp3) is 0.353. The van der Waals surface area contributed by atoms with Gasteiger partial charge in [0.15, 0.2) is 11.6 Å². The highest BCUT2D eigenvalue weighted by molar-refractivity contribution is 5.77. The lowest BCUT2D eigenvalue weighted by atomic mass is 10.2. The lowest BCUT2D eigenvalue weighted by molar-refractivity contribution is -0.131. The summed E-state index contributed by atoms with van der Waals surface area (Å²) in [6, 6.07) is 8.41. The van der Waals surface area contributed by atoms with E-state index in [1.165, 1.54) is 13.2 Å². The van der Waals surface area contributed by atoms with E-state index < -0.39 is 5.82 Å². The monoisotopic (exact) mass is 320 g/mol. The van der Waals surface area contributed by atoms with Crippen LogP contribution in [-0.2, 0) is 17.9 Å². The van der Waals surface area contributed by atoms with E-state index >= 15 is 0 Å². The van der Waals surface area contributed by atoms with Crippen LogP contribution in [0.5, 0.6) is 5.75 Å². The molecule has 0 saturated heterocycles. The van der Waals surface area contributed by atoms with Crippen molar-refractivity contribution in [2.75, 3.05) is 27.7 Å². The van der Waals surface area contributed by atoms with E-state index in [1.54, 1.807) is 36.4 Å². The van der Waals surface area contributed by atoms with Gasteiger partial charge in [-0.1, -0.05) is 6.07 Å². The summed E-state index contributed by atoms with van der Waals surface area (Å²) in [5, 5.41) is 0. The number of halogens is 1. The van der Waals surface area contributed by atoms with Gasteiger partial charge in [-0.3, -0.25) is 9.69 Å². The van der Waals surface area contributed by atoms with E-state index in [0.717, 1.165) is 11.3 Å². The number of methoxy groups -OCH3 is 1. The molecule has 6 heteroatoms. The topological polar surface area (TPSA) is 45.9 Å². The van der Waals surface area contributed by atoms with Gasteiger partial charge in [-0.15, -0.1) is 0 Å². The summed E-state index contributed by atoms with van der Waals surface area (Å²) < 4.78 is 23.8. The summed E-state index contributed by atoms with van der Waals surface area (Å²) in [5.74, 6) is 0.518. The van der Waals surface area contributed by atoms with Crippen molar-refractivity contribution in [3.63, 3.8) is 0 Å². The highest BCUT2D eigenvalue weighted by Gasteiger charge is 2.14. The van der Waals surface area contributed by atoms with Crippen molar-refractivity contribution < 1.29 is 18.3 Å². The second-order valence-corrected chi connectivity index (χ2v) is 5.47. The first-order valence-electron chi connectivity index (χ1n) is 7.27. The number of rotatable bonds is 7. The Labute approximate surface area is 135 Å². The maximum Gasteiger partial charge on any atom is 0.236 e. The number of furan rings is 1. The third-order valence-electron chi connectivity index (χ3n) is 3.47. The fourth-order valence-corrected chi connectivity index (χ4v) is 2.25. The largest absolute Gasteiger partial charge is 0.494 e. The number of nitrogens with zero attached hydrogens (tertiary/aromatic N) is 2. The van der Waals surface area contributed by atoms with Gasteiger partial charge in [-0.2, -0.15) is 0 Å². The van der Waals surface area contributed by atoms with Crippen LogP contribution in [0.3, 0.4) is 0 Å². The zero-order chi connectivity index (χ0) is 16.8. The standard InChI is InChI=1S/C17H21FN2O3/c1-19(10-13-6-7-16(22-3)15(18)9-13)12-17(21)20(2)11-14-5-4-8-23-14/h4-9H,10-12H2,1-3H3. The number of benzene rings is 1. The van der Waals surface area contributed by atoms with Crippen LogP contribution in [0.1, 0.15) is 11.3 Å². The van der Waals surface area contributed by atoms with Gasteiger partial charge in [0.1, 0.15) is 5.76 Å². The maximum atomic E-state index is 13.7. The average Bonchev–Trinajstić information content (AvgIpc) is 3.00. The molecule has 0 aliphatic carbocycles. The Bertz CT molecular complexity index is 643. The minimum atomic E-state index is -0.403. The molecule has 1 aromatic carbocycles. The first kappa shape index (κ1) is 17.0. The van der Waals surface area contributed by atoms with Crippen LogP contribution in [0, 0.1) is 5.82 Å². The van der Waals surface area contributed by atoms with Gasteiger partial charge in [0.2, 0.25) is 5.91 Å². The number of carbonyl (C=O) groups is 1. The lowest BCUT2D eigenvalue weighted by Crippen LogP contribution is -2.35. The van der Waals surface area contributed by atoms with Gasteiger partial charge in [-0.25, -0.2) is 4.39 Å². The first-order chi connectivity index (χ1) is 11.0. The van der Waals surface area contributed by atoms with Crippen LogP contribution in [0.4, 0.5) is 4.39 Å². The SMILES string of the molecule is COc1ccc(CN(C)CC(=O)N(C)Cc2ccco2)cc1F. The second kappa shape index (κ2) is 7.78. The number of hydrogen-bond donors (Lipinski definition) is 0. The summed E-state index contributed by atoms with van der Waals surface area (Å²) in [6.07, 6.45) is 1.58. The normalized spacial score (nSPS) is 10.8. The second-order valence-electron chi connectivity index (χ2n) is 5.47. The molecule has 0 N–H and O–H groups in total. The van der Waals surface area contributed by atoms with Crippen LogP contribution in [0.2, 0.25) is 0 Å². The van der Waals surface area contributed by atoms with Crippen LogP contribution in [-0.4, -0.2) is 43.5 Å². The minimum absolute atomic E-state index is 0.0297. The zero-order valence-corrected chi connectivity index (χ0v) is 13.6. The molecule has 0 spiro atoms. The Morgan fingerprint density at radius 2 is 2.04 bits per heavy atom. The molecule has 2 rings (SSSR count). The molecule has 0 atom stereocenters. The Morgan fingerprint density at radius 1 is 1.26 bits per heavy atom. The van der Waals surface area contributed by atoms with Gasteiger partial charge >= 0.3 is 0 Å². The molecule has 0 fully saturated rings. The Hall–Kier alpha value is -2.34. The lowest BCUT2D eigenvalue weighted by Gasteiger charge is -2.21. The summed E-state index contributed by atoms with van der Waals surface area (Å²) >= 11 is 0. The van der Waals surface area contributed by atoms with Crippen molar-refractivity contribution in [3.8, 4) is 5.75 Å². The van der Waals surface area contributed by atoms with Crippen molar-refractivity contribution in [3.05, 3.63) is 53.7 Å². The molecule has 2 aromatic rings. The zero-order valence-electron chi connectivity index (χ0n) is 13.6. The molecule has 0 bridgehead atoms. The molecule has 23 heavy (non-hydrogen) atoms. The van der Waals surface area contributed by atoms with Crippen molar-refractivity contribution in [1.82, 2.24) is 9.80 Å². The molecule has 1 heterocycles. The van der Waals surface area contributed by atoms with Crippen molar-refractivity contribution in [2.24, 2.45) is 0 Å². The predicted molar refractivity (Wildman–Crippen MR) is 84.5 cm³/mol. The molecular weight excluding hydrogens is 299 g/mol. The third kappa shape index (κ3) is 4.82. The minimum Gasteiger partial charge on any atom is -0.494 e. The summed E-state index contributed by atoms with van der Waals surface area (Å²) in [7, 11) is 4.98. The number of carbonyl (C=O) groups excluding carboxylic acids is 1. The van der Waals surface area contributed by atoms with E-state index in [-0.39, 0.29) is 18.2 Å². The van der Waals surface area contributed by atoms with Crippen LogP contribution in [0.25, 0.3) is 0 Å². The molecule has 0 radical (unpaired) electrons. The quantitative estimate of drug-likeness (QED) is 0.786. The molecule has 1 aromatic heterocycles. The van der Waals surface area contributed by atoms with Gasteiger partial charge in [0, 0.05) is 13.6 Å². The van der Waals surface area contributed by atoms with E-state index in [2.05, 4.69) is 0 Å². The summed E-state index contributed by atoms with van der Waals surface area (Å²) in [4.78, 5) is 15.6. The molecule has 5 nitrogen and oxygen atoms in total. The number of amides is 1.